The Labute approximate surface area is 140 Å². The summed E-state index contributed by atoms with van der Waals surface area (Å²) in [6.45, 7) is 1.88. The van der Waals surface area contributed by atoms with Crippen LogP contribution in [0.1, 0.15) is 5.56 Å². The zero-order chi connectivity index (χ0) is 15.6. The van der Waals surface area contributed by atoms with E-state index in [9.17, 15) is 8.42 Å². The second-order valence-electron chi connectivity index (χ2n) is 4.27. The monoisotopic (exact) mass is 434 g/mol. The third-order valence-corrected chi connectivity index (χ3v) is 5.40. The van der Waals surface area contributed by atoms with Gasteiger partial charge < -0.3 is 8.92 Å². The van der Waals surface area contributed by atoms with Gasteiger partial charge in [-0.1, -0.05) is 22.0 Å². The number of benzene rings is 2. The van der Waals surface area contributed by atoms with Gasteiger partial charge in [0.05, 0.1) is 7.11 Å². The van der Waals surface area contributed by atoms with Gasteiger partial charge in [-0.3, -0.25) is 0 Å². The highest BCUT2D eigenvalue weighted by atomic mass is 79.9. The molecule has 2 rings (SSSR count). The highest BCUT2D eigenvalue weighted by Gasteiger charge is 2.22. The van der Waals surface area contributed by atoms with Crippen LogP contribution in [0.2, 0.25) is 0 Å². The summed E-state index contributed by atoms with van der Waals surface area (Å²) in [5, 5.41) is 0. The van der Waals surface area contributed by atoms with Gasteiger partial charge in [-0.05, 0) is 58.7 Å². The minimum atomic E-state index is -3.97. The molecule has 0 aliphatic carbocycles. The lowest BCUT2D eigenvalue weighted by atomic mass is 10.2. The molecule has 4 nitrogen and oxygen atoms in total. The molecular formula is C14H12Br2O4S. The second kappa shape index (κ2) is 6.37. The molecule has 0 N–H and O–H groups in total. The van der Waals surface area contributed by atoms with E-state index in [4.69, 9.17) is 8.92 Å². The van der Waals surface area contributed by atoms with Crippen molar-refractivity contribution < 1.29 is 17.3 Å². The van der Waals surface area contributed by atoms with E-state index >= 15 is 0 Å². The van der Waals surface area contributed by atoms with Crippen molar-refractivity contribution in [3.05, 3.63) is 50.9 Å². The minimum Gasteiger partial charge on any atom is -0.493 e. The van der Waals surface area contributed by atoms with Gasteiger partial charge in [0.25, 0.3) is 0 Å². The molecular weight excluding hydrogens is 424 g/mol. The SMILES string of the molecule is COc1cc(C)ccc1OS(=O)(=O)c1cc(Br)ccc1Br. The molecule has 0 unspecified atom stereocenters. The standard InChI is InChI=1S/C14H12Br2O4S/c1-9-3-6-12(13(7-9)19-2)20-21(17,18)14-8-10(15)4-5-11(14)16/h3-8H,1-2H3. The Morgan fingerprint density at radius 1 is 1.00 bits per heavy atom. The molecule has 112 valence electrons. The van der Waals surface area contributed by atoms with Crippen molar-refractivity contribution >= 4 is 42.0 Å². The molecule has 0 aliphatic rings. The number of rotatable bonds is 4. The van der Waals surface area contributed by atoms with Crippen LogP contribution in [0, 0.1) is 6.92 Å². The Morgan fingerprint density at radius 3 is 2.38 bits per heavy atom. The molecule has 2 aromatic carbocycles. The average Bonchev–Trinajstić information content (AvgIpc) is 2.43. The lowest BCUT2D eigenvalue weighted by Crippen LogP contribution is -2.11. The van der Waals surface area contributed by atoms with Crippen LogP contribution in [-0.4, -0.2) is 15.5 Å². The summed E-state index contributed by atoms with van der Waals surface area (Å²) in [7, 11) is -2.51. The molecule has 0 aromatic heterocycles. The van der Waals surface area contributed by atoms with Gasteiger partial charge in [-0.15, -0.1) is 0 Å². The molecule has 0 saturated carbocycles. The van der Waals surface area contributed by atoms with Crippen molar-refractivity contribution in [3.8, 4) is 11.5 Å². The summed E-state index contributed by atoms with van der Waals surface area (Å²) in [5.74, 6) is 0.514. The largest absolute Gasteiger partial charge is 0.493 e. The fraction of sp³-hybridized carbons (Fsp3) is 0.143. The first-order chi connectivity index (χ1) is 9.83. The van der Waals surface area contributed by atoms with Gasteiger partial charge in [-0.2, -0.15) is 8.42 Å². The Kier molecular flexibility index (Phi) is 4.95. The van der Waals surface area contributed by atoms with Gasteiger partial charge in [0.15, 0.2) is 11.5 Å². The van der Waals surface area contributed by atoms with Crippen molar-refractivity contribution in [3.63, 3.8) is 0 Å². The molecule has 0 bridgehead atoms. The van der Waals surface area contributed by atoms with Crippen LogP contribution in [0.4, 0.5) is 0 Å². The molecule has 0 heterocycles. The summed E-state index contributed by atoms with van der Waals surface area (Å²) < 4.78 is 36.2. The molecule has 0 atom stereocenters. The molecule has 0 amide bonds. The summed E-state index contributed by atoms with van der Waals surface area (Å²) in [5.41, 5.74) is 0.945. The maximum Gasteiger partial charge on any atom is 0.340 e. The van der Waals surface area contributed by atoms with Crippen LogP contribution in [0.25, 0.3) is 0 Å². The smallest absolute Gasteiger partial charge is 0.340 e. The molecule has 0 spiro atoms. The quantitative estimate of drug-likeness (QED) is 0.672. The second-order valence-corrected chi connectivity index (χ2v) is 7.55. The van der Waals surface area contributed by atoms with E-state index in [1.165, 1.54) is 13.2 Å². The van der Waals surface area contributed by atoms with E-state index in [1.54, 1.807) is 30.3 Å². The fourth-order valence-electron chi connectivity index (χ4n) is 1.68. The topological polar surface area (TPSA) is 52.6 Å². The molecule has 0 saturated heterocycles. The van der Waals surface area contributed by atoms with Crippen LogP contribution >= 0.6 is 31.9 Å². The number of halogens is 2. The summed E-state index contributed by atoms with van der Waals surface area (Å²) in [6.07, 6.45) is 0. The Balaban J connectivity index is 2.45. The van der Waals surface area contributed by atoms with Gasteiger partial charge >= 0.3 is 10.1 Å². The van der Waals surface area contributed by atoms with Gasteiger partial charge in [-0.25, -0.2) is 0 Å². The van der Waals surface area contributed by atoms with Crippen molar-refractivity contribution in [2.45, 2.75) is 11.8 Å². The first kappa shape index (κ1) is 16.3. The van der Waals surface area contributed by atoms with Crippen molar-refractivity contribution in [2.75, 3.05) is 7.11 Å². The normalized spacial score (nSPS) is 11.2. The third-order valence-electron chi connectivity index (χ3n) is 2.68. The highest BCUT2D eigenvalue weighted by Crippen LogP contribution is 2.33. The predicted molar refractivity (Wildman–Crippen MR) is 87.4 cm³/mol. The zero-order valence-electron chi connectivity index (χ0n) is 11.3. The number of methoxy groups -OCH3 is 1. The molecule has 0 fully saturated rings. The first-order valence-corrected chi connectivity index (χ1v) is 8.87. The van der Waals surface area contributed by atoms with E-state index in [1.807, 2.05) is 6.92 Å². The summed E-state index contributed by atoms with van der Waals surface area (Å²) >= 11 is 6.46. The van der Waals surface area contributed by atoms with Crippen LogP contribution in [0.5, 0.6) is 11.5 Å². The number of ether oxygens (including phenoxy) is 1. The van der Waals surface area contributed by atoms with Crippen molar-refractivity contribution in [2.24, 2.45) is 0 Å². The van der Waals surface area contributed by atoms with Crippen LogP contribution in [0.15, 0.2) is 50.2 Å². The average molecular weight is 436 g/mol. The van der Waals surface area contributed by atoms with Gasteiger partial charge in [0, 0.05) is 8.95 Å². The highest BCUT2D eigenvalue weighted by molar-refractivity contribution is 9.11. The molecule has 2 aromatic rings. The third kappa shape index (κ3) is 3.78. The van der Waals surface area contributed by atoms with Crippen LogP contribution in [-0.2, 0) is 10.1 Å². The van der Waals surface area contributed by atoms with E-state index < -0.39 is 10.1 Å². The van der Waals surface area contributed by atoms with Crippen LogP contribution in [0.3, 0.4) is 0 Å². The Bertz CT molecular complexity index is 773. The maximum atomic E-state index is 12.4. The van der Waals surface area contributed by atoms with Crippen molar-refractivity contribution in [1.29, 1.82) is 0 Å². The van der Waals surface area contributed by atoms with Gasteiger partial charge in [0.2, 0.25) is 0 Å². The lowest BCUT2D eigenvalue weighted by molar-refractivity contribution is 0.390. The Hall–Kier alpha value is -1.05. The molecule has 7 heteroatoms. The number of aryl methyl sites for hydroxylation is 1. The first-order valence-electron chi connectivity index (χ1n) is 5.87. The zero-order valence-corrected chi connectivity index (χ0v) is 15.2. The maximum absolute atomic E-state index is 12.4. The number of hydrogen-bond donors (Lipinski definition) is 0. The van der Waals surface area contributed by atoms with E-state index in [0.717, 1.165) is 5.56 Å². The molecule has 21 heavy (non-hydrogen) atoms. The van der Waals surface area contributed by atoms with E-state index in [2.05, 4.69) is 31.9 Å². The Morgan fingerprint density at radius 2 is 1.71 bits per heavy atom. The van der Waals surface area contributed by atoms with Crippen LogP contribution < -0.4 is 8.92 Å². The van der Waals surface area contributed by atoms with E-state index in [0.29, 0.717) is 14.7 Å². The predicted octanol–water partition coefficient (Wildman–Crippen LogP) is 4.30. The minimum absolute atomic E-state index is 0.0412. The summed E-state index contributed by atoms with van der Waals surface area (Å²) in [4.78, 5) is 0.0412. The van der Waals surface area contributed by atoms with Gasteiger partial charge in [0.1, 0.15) is 4.90 Å². The number of hydrogen-bond acceptors (Lipinski definition) is 4. The van der Waals surface area contributed by atoms with Crippen molar-refractivity contribution in [1.82, 2.24) is 0 Å². The molecule has 0 radical (unpaired) electrons. The summed E-state index contributed by atoms with van der Waals surface area (Å²) in [6, 6.07) is 9.87. The van der Waals surface area contributed by atoms with E-state index in [-0.39, 0.29) is 10.6 Å². The lowest BCUT2D eigenvalue weighted by Gasteiger charge is -2.12. The molecule has 0 aliphatic heterocycles. The fourth-order valence-corrected chi connectivity index (χ4v) is 4.07.